The molecule has 1 aliphatic heterocycles. The van der Waals surface area contributed by atoms with E-state index in [1.54, 1.807) is 18.2 Å². The molecule has 2 amide bonds. The highest BCUT2D eigenvalue weighted by atomic mass is 32.2. The fraction of sp³-hybridized carbons (Fsp3) is 0.238. The second kappa shape index (κ2) is 8.39. The number of thioether (sulfide) groups is 1. The number of aromatic hydroxyl groups is 1. The van der Waals surface area contributed by atoms with E-state index in [9.17, 15) is 14.7 Å². The molecule has 1 N–H and O–H groups in total. The summed E-state index contributed by atoms with van der Waals surface area (Å²) in [6.45, 7) is 4.33. The molecular formula is C21H21NO5S. The molecule has 28 heavy (non-hydrogen) atoms. The molecule has 1 heterocycles. The van der Waals surface area contributed by atoms with Crippen molar-refractivity contribution < 1.29 is 24.2 Å². The van der Waals surface area contributed by atoms with Crippen molar-refractivity contribution in [3.63, 3.8) is 0 Å². The Labute approximate surface area is 167 Å². The molecule has 0 saturated carbocycles. The van der Waals surface area contributed by atoms with E-state index >= 15 is 0 Å². The standard InChI is InChI=1S/C21H21NO5S/c1-13-4-5-14(2)17(10-13)27-9-8-22-20(24)19(28-21(22)25)12-15-6-7-16(23)18(11-15)26-3/h4-7,10-12,23H,8-9H2,1-3H3/b19-12-. The number of imide groups is 1. The van der Waals surface area contributed by atoms with Crippen LogP contribution in [0.25, 0.3) is 6.08 Å². The fourth-order valence-corrected chi connectivity index (χ4v) is 3.60. The highest BCUT2D eigenvalue weighted by molar-refractivity contribution is 8.18. The first-order chi connectivity index (χ1) is 13.4. The van der Waals surface area contributed by atoms with Gasteiger partial charge < -0.3 is 14.6 Å². The largest absolute Gasteiger partial charge is 0.504 e. The van der Waals surface area contributed by atoms with Gasteiger partial charge in [0.2, 0.25) is 0 Å². The Kier molecular flexibility index (Phi) is 5.94. The number of ether oxygens (including phenoxy) is 2. The zero-order valence-electron chi connectivity index (χ0n) is 15.9. The van der Waals surface area contributed by atoms with Gasteiger partial charge in [0.1, 0.15) is 12.4 Å². The average Bonchev–Trinajstić information content (AvgIpc) is 2.93. The number of hydrogen-bond donors (Lipinski definition) is 1. The van der Waals surface area contributed by atoms with Crippen LogP contribution in [0, 0.1) is 13.8 Å². The lowest BCUT2D eigenvalue weighted by atomic mass is 10.1. The van der Waals surface area contributed by atoms with E-state index in [0.717, 1.165) is 28.6 Å². The predicted molar refractivity (Wildman–Crippen MR) is 109 cm³/mol. The Morgan fingerprint density at radius 3 is 2.64 bits per heavy atom. The molecule has 0 unspecified atom stereocenters. The number of amides is 2. The van der Waals surface area contributed by atoms with Gasteiger partial charge in [0, 0.05) is 0 Å². The van der Waals surface area contributed by atoms with E-state index in [0.29, 0.717) is 16.2 Å². The van der Waals surface area contributed by atoms with Gasteiger partial charge in [-0.3, -0.25) is 14.5 Å². The lowest BCUT2D eigenvalue weighted by molar-refractivity contribution is -0.123. The van der Waals surface area contributed by atoms with Crippen molar-refractivity contribution in [2.24, 2.45) is 0 Å². The van der Waals surface area contributed by atoms with Crippen LogP contribution in [0.15, 0.2) is 41.3 Å². The van der Waals surface area contributed by atoms with Gasteiger partial charge in [-0.1, -0.05) is 18.2 Å². The molecule has 0 bridgehead atoms. The number of phenols is 1. The van der Waals surface area contributed by atoms with Gasteiger partial charge >= 0.3 is 0 Å². The summed E-state index contributed by atoms with van der Waals surface area (Å²) in [5.41, 5.74) is 2.74. The molecule has 0 radical (unpaired) electrons. The second-order valence-electron chi connectivity index (χ2n) is 6.38. The van der Waals surface area contributed by atoms with Crippen molar-refractivity contribution >= 4 is 29.0 Å². The summed E-state index contributed by atoms with van der Waals surface area (Å²) >= 11 is 0.886. The van der Waals surface area contributed by atoms with Gasteiger partial charge in [-0.2, -0.15) is 0 Å². The molecule has 0 spiro atoms. The minimum Gasteiger partial charge on any atom is -0.504 e. The minimum absolute atomic E-state index is 0.0105. The third-order valence-corrected chi connectivity index (χ3v) is 5.20. The molecule has 3 rings (SSSR count). The van der Waals surface area contributed by atoms with Crippen LogP contribution in [-0.2, 0) is 4.79 Å². The van der Waals surface area contributed by atoms with E-state index in [2.05, 4.69) is 0 Å². The number of benzene rings is 2. The lowest BCUT2D eigenvalue weighted by Gasteiger charge is -2.14. The summed E-state index contributed by atoms with van der Waals surface area (Å²) in [5.74, 6) is 0.705. The summed E-state index contributed by atoms with van der Waals surface area (Å²) < 4.78 is 10.8. The molecule has 7 heteroatoms. The molecule has 0 atom stereocenters. The van der Waals surface area contributed by atoms with Crippen LogP contribution in [0.2, 0.25) is 0 Å². The van der Waals surface area contributed by atoms with Crippen molar-refractivity contribution in [2.75, 3.05) is 20.3 Å². The van der Waals surface area contributed by atoms with Crippen LogP contribution in [0.3, 0.4) is 0 Å². The summed E-state index contributed by atoms with van der Waals surface area (Å²) in [7, 11) is 1.45. The van der Waals surface area contributed by atoms with E-state index in [1.165, 1.54) is 18.1 Å². The number of carbonyl (C=O) groups excluding carboxylic acids is 2. The maximum Gasteiger partial charge on any atom is 0.293 e. The van der Waals surface area contributed by atoms with E-state index in [-0.39, 0.29) is 30.0 Å². The van der Waals surface area contributed by atoms with Crippen LogP contribution in [0.1, 0.15) is 16.7 Å². The zero-order valence-corrected chi connectivity index (χ0v) is 16.7. The number of aryl methyl sites for hydroxylation is 2. The first-order valence-corrected chi connectivity index (χ1v) is 9.53. The summed E-state index contributed by atoms with van der Waals surface area (Å²) in [6, 6.07) is 10.6. The van der Waals surface area contributed by atoms with Crippen LogP contribution in [-0.4, -0.2) is 41.4 Å². The molecular weight excluding hydrogens is 378 g/mol. The maximum absolute atomic E-state index is 12.6. The number of phenolic OH excluding ortho intramolecular Hbond substituents is 1. The van der Waals surface area contributed by atoms with Gasteiger partial charge in [-0.15, -0.1) is 0 Å². The Morgan fingerprint density at radius 2 is 1.89 bits per heavy atom. The molecule has 6 nitrogen and oxygen atoms in total. The first-order valence-electron chi connectivity index (χ1n) is 8.71. The van der Waals surface area contributed by atoms with Gasteiger partial charge in [-0.25, -0.2) is 0 Å². The molecule has 1 fully saturated rings. The fourth-order valence-electron chi connectivity index (χ4n) is 2.74. The average molecular weight is 399 g/mol. The number of carbonyl (C=O) groups is 2. The molecule has 1 saturated heterocycles. The van der Waals surface area contributed by atoms with Gasteiger partial charge in [-0.05, 0) is 66.6 Å². The summed E-state index contributed by atoms with van der Waals surface area (Å²) in [4.78, 5) is 26.3. The highest BCUT2D eigenvalue weighted by Crippen LogP contribution is 2.34. The summed E-state index contributed by atoms with van der Waals surface area (Å²) in [6.07, 6.45) is 1.61. The van der Waals surface area contributed by atoms with Gasteiger partial charge in [0.05, 0.1) is 18.6 Å². The second-order valence-corrected chi connectivity index (χ2v) is 7.38. The third-order valence-electron chi connectivity index (χ3n) is 4.29. The van der Waals surface area contributed by atoms with Gasteiger partial charge in [0.15, 0.2) is 11.5 Å². The van der Waals surface area contributed by atoms with Crippen molar-refractivity contribution in [1.29, 1.82) is 0 Å². The SMILES string of the molecule is COc1cc(/C=C2\SC(=O)N(CCOc3cc(C)ccc3C)C2=O)ccc1O. The zero-order chi connectivity index (χ0) is 20.3. The van der Waals surface area contributed by atoms with Crippen LogP contribution in [0.5, 0.6) is 17.2 Å². The smallest absolute Gasteiger partial charge is 0.293 e. The Hall–Kier alpha value is -2.93. The monoisotopic (exact) mass is 399 g/mol. The number of hydrogen-bond acceptors (Lipinski definition) is 6. The Balaban J connectivity index is 1.67. The molecule has 146 valence electrons. The quantitative estimate of drug-likeness (QED) is 0.736. The highest BCUT2D eigenvalue weighted by Gasteiger charge is 2.34. The topological polar surface area (TPSA) is 76.1 Å². The first kappa shape index (κ1) is 19.8. The molecule has 2 aromatic carbocycles. The number of methoxy groups -OCH3 is 1. The lowest BCUT2D eigenvalue weighted by Crippen LogP contribution is -2.32. The van der Waals surface area contributed by atoms with Crippen molar-refractivity contribution in [2.45, 2.75) is 13.8 Å². The van der Waals surface area contributed by atoms with E-state index in [4.69, 9.17) is 9.47 Å². The molecule has 2 aromatic rings. The normalized spacial score (nSPS) is 15.4. The van der Waals surface area contributed by atoms with Crippen LogP contribution < -0.4 is 9.47 Å². The molecule has 0 aliphatic carbocycles. The third kappa shape index (κ3) is 4.31. The number of rotatable bonds is 6. The van der Waals surface area contributed by atoms with E-state index < -0.39 is 0 Å². The maximum atomic E-state index is 12.6. The van der Waals surface area contributed by atoms with Crippen molar-refractivity contribution in [3.8, 4) is 17.2 Å². The number of nitrogens with zero attached hydrogens (tertiary/aromatic N) is 1. The Bertz CT molecular complexity index is 954. The summed E-state index contributed by atoms with van der Waals surface area (Å²) in [5, 5.41) is 9.34. The van der Waals surface area contributed by atoms with Crippen LogP contribution >= 0.6 is 11.8 Å². The Morgan fingerprint density at radius 1 is 1.11 bits per heavy atom. The van der Waals surface area contributed by atoms with E-state index in [1.807, 2.05) is 32.0 Å². The molecule has 0 aromatic heterocycles. The minimum atomic E-state index is -0.355. The molecule has 1 aliphatic rings. The van der Waals surface area contributed by atoms with Crippen molar-refractivity contribution in [3.05, 3.63) is 58.0 Å². The van der Waals surface area contributed by atoms with Crippen LogP contribution in [0.4, 0.5) is 4.79 Å². The van der Waals surface area contributed by atoms with Crippen molar-refractivity contribution in [1.82, 2.24) is 4.90 Å². The predicted octanol–water partition coefficient (Wildman–Crippen LogP) is 4.13. The van der Waals surface area contributed by atoms with Gasteiger partial charge in [0.25, 0.3) is 11.1 Å².